The van der Waals surface area contributed by atoms with Crippen LogP contribution in [0.2, 0.25) is 0 Å². The molecule has 2 aromatic rings. The second kappa shape index (κ2) is 4.85. The van der Waals surface area contributed by atoms with Crippen LogP contribution < -0.4 is 4.74 Å². The third-order valence-corrected chi connectivity index (χ3v) is 4.57. The van der Waals surface area contributed by atoms with Gasteiger partial charge in [0.05, 0.1) is 6.61 Å². The highest BCUT2D eigenvalue weighted by Crippen LogP contribution is 2.41. The summed E-state index contributed by atoms with van der Waals surface area (Å²) >= 11 is 0. The minimum Gasteiger partial charge on any atom is -0.493 e. The van der Waals surface area contributed by atoms with E-state index in [1.807, 2.05) is 12.1 Å². The lowest BCUT2D eigenvalue weighted by atomic mass is 9.83. The highest BCUT2D eigenvalue weighted by atomic mass is 19.1. The molecule has 0 aliphatic carbocycles. The van der Waals surface area contributed by atoms with E-state index in [0.29, 0.717) is 0 Å². The Bertz CT molecular complexity index is 680. The van der Waals surface area contributed by atoms with E-state index < -0.39 is 0 Å². The quantitative estimate of drug-likeness (QED) is 0.796. The summed E-state index contributed by atoms with van der Waals surface area (Å²) in [6.07, 6.45) is 1.01. The van der Waals surface area contributed by atoms with Crippen molar-refractivity contribution in [2.75, 3.05) is 20.2 Å². The number of hydrogen-bond acceptors (Lipinski definition) is 2. The predicted octanol–water partition coefficient (Wildman–Crippen LogP) is 3.34. The maximum absolute atomic E-state index is 13.2. The molecule has 1 unspecified atom stereocenters. The van der Waals surface area contributed by atoms with Crippen LogP contribution >= 0.6 is 0 Å². The van der Waals surface area contributed by atoms with Gasteiger partial charge in [0, 0.05) is 31.0 Å². The van der Waals surface area contributed by atoms with Gasteiger partial charge < -0.3 is 9.64 Å². The first kappa shape index (κ1) is 12.8. The van der Waals surface area contributed by atoms with E-state index in [2.05, 4.69) is 24.1 Å². The molecular weight excluding hydrogens is 265 g/mol. The second-order valence-electron chi connectivity index (χ2n) is 6.02. The van der Waals surface area contributed by atoms with Crippen LogP contribution in [0.15, 0.2) is 36.4 Å². The van der Waals surface area contributed by atoms with Gasteiger partial charge in [0.25, 0.3) is 0 Å². The van der Waals surface area contributed by atoms with E-state index in [9.17, 15) is 4.39 Å². The molecule has 21 heavy (non-hydrogen) atoms. The summed E-state index contributed by atoms with van der Waals surface area (Å²) in [5.41, 5.74) is 5.14. The van der Waals surface area contributed by atoms with Crippen LogP contribution in [0.5, 0.6) is 5.75 Å². The monoisotopic (exact) mass is 283 g/mol. The van der Waals surface area contributed by atoms with Gasteiger partial charge in [-0.05, 0) is 35.9 Å². The van der Waals surface area contributed by atoms with Crippen molar-refractivity contribution in [3.63, 3.8) is 0 Å². The minimum absolute atomic E-state index is 0.180. The van der Waals surface area contributed by atoms with Crippen molar-refractivity contribution in [2.24, 2.45) is 0 Å². The summed E-state index contributed by atoms with van der Waals surface area (Å²) in [7, 11) is 2.13. The first-order chi connectivity index (χ1) is 10.2. The summed E-state index contributed by atoms with van der Waals surface area (Å²) in [6.45, 7) is 2.67. The summed E-state index contributed by atoms with van der Waals surface area (Å²) in [5, 5.41) is 0. The molecule has 2 aliphatic heterocycles. The van der Waals surface area contributed by atoms with Crippen molar-refractivity contribution in [3.8, 4) is 5.75 Å². The van der Waals surface area contributed by atoms with Gasteiger partial charge in [0.15, 0.2) is 0 Å². The molecule has 0 fully saturated rings. The number of likely N-dealkylation sites (N-methyl/N-ethyl adjacent to an activating group) is 1. The van der Waals surface area contributed by atoms with E-state index in [1.54, 1.807) is 12.1 Å². The van der Waals surface area contributed by atoms with Crippen molar-refractivity contribution < 1.29 is 9.13 Å². The average molecular weight is 283 g/mol. The van der Waals surface area contributed by atoms with Crippen LogP contribution in [-0.4, -0.2) is 25.1 Å². The first-order valence-corrected chi connectivity index (χ1v) is 7.44. The zero-order chi connectivity index (χ0) is 14.4. The topological polar surface area (TPSA) is 12.5 Å². The molecule has 3 heteroatoms. The van der Waals surface area contributed by atoms with Gasteiger partial charge in [-0.2, -0.15) is 0 Å². The van der Waals surface area contributed by atoms with Crippen molar-refractivity contribution >= 4 is 0 Å². The van der Waals surface area contributed by atoms with Crippen LogP contribution in [-0.2, 0) is 13.0 Å². The number of hydrogen-bond donors (Lipinski definition) is 0. The Hall–Kier alpha value is -1.87. The number of nitrogens with zero attached hydrogens (tertiary/aromatic N) is 1. The van der Waals surface area contributed by atoms with Crippen LogP contribution in [0.4, 0.5) is 4.39 Å². The van der Waals surface area contributed by atoms with E-state index in [0.717, 1.165) is 31.9 Å². The number of benzene rings is 2. The lowest BCUT2D eigenvalue weighted by Crippen LogP contribution is -2.31. The third kappa shape index (κ3) is 2.12. The molecule has 2 aliphatic rings. The first-order valence-electron chi connectivity index (χ1n) is 7.44. The fourth-order valence-corrected chi connectivity index (χ4v) is 3.55. The predicted molar refractivity (Wildman–Crippen MR) is 80.2 cm³/mol. The lowest BCUT2D eigenvalue weighted by molar-refractivity contribution is 0.282. The van der Waals surface area contributed by atoms with Gasteiger partial charge in [-0.1, -0.05) is 24.3 Å². The Morgan fingerprint density at radius 1 is 1.14 bits per heavy atom. The number of fused-ring (bicyclic) bond motifs is 3. The molecule has 0 aromatic heterocycles. The molecule has 1 atom stereocenters. The van der Waals surface area contributed by atoms with E-state index >= 15 is 0 Å². The molecule has 0 bridgehead atoms. The van der Waals surface area contributed by atoms with Crippen molar-refractivity contribution in [1.29, 1.82) is 0 Å². The molecular formula is C18H18FNO. The SMILES string of the molecule is CN1Cc2c(ccc3c2OCC3)C(c2ccc(F)cc2)C1. The minimum atomic E-state index is -0.180. The smallest absolute Gasteiger partial charge is 0.127 e. The molecule has 0 spiro atoms. The van der Waals surface area contributed by atoms with Gasteiger partial charge in [-0.25, -0.2) is 4.39 Å². The molecule has 0 N–H and O–H groups in total. The summed E-state index contributed by atoms with van der Waals surface area (Å²) in [6, 6.07) is 11.3. The van der Waals surface area contributed by atoms with Gasteiger partial charge in [0.1, 0.15) is 11.6 Å². The Morgan fingerprint density at radius 3 is 2.76 bits per heavy atom. The second-order valence-corrected chi connectivity index (χ2v) is 6.02. The van der Waals surface area contributed by atoms with E-state index in [4.69, 9.17) is 4.74 Å². The summed E-state index contributed by atoms with van der Waals surface area (Å²) < 4.78 is 19.0. The van der Waals surface area contributed by atoms with Gasteiger partial charge in [-0.15, -0.1) is 0 Å². The maximum atomic E-state index is 13.2. The molecule has 0 saturated heterocycles. The van der Waals surface area contributed by atoms with Crippen molar-refractivity contribution in [2.45, 2.75) is 18.9 Å². The fourth-order valence-electron chi connectivity index (χ4n) is 3.55. The maximum Gasteiger partial charge on any atom is 0.127 e. The Morgan fingerprint density at radius 2 is 1.95 bits per heavy atom. The average Bonchev–Trinajstić information content (AvgIpc) is 2.96. The molecule has 2 aromatic carbocycles. The number of halogens is 1. The van der Waals surface area contributed by atoms with Gasteiger partial charge in [0.2, 0.25) is 0 Å². The zero-order valence-corrected chi connectivity index (χ0v) is 12.1. The summed E-state index contributed by atoms with van der Waals surface area (Å²) in [5.74, 6) is 1.19. The van der Waals surface area contributed by atoms with Crippen LogP contribution in [0, 0.1) is 5.82 Å². The molecule has 0 saturated carbocycles. The zero-order valence-electron chi connectivity index (χ0n) is 12.1. The van der Waals surface area contributed by atoms with Gasteiger partial charge >= 0.3 is 0 Å². The Balaban J connectivity index is 1.83. The van der Waals surface area contributed by atoms with Crippen molar-refractivity contribution in [1.82, 2.24) is 4.90 Å². The molecule has 2 nitrogen and oxygen atoms in total. The molecule has 0 amide bonds. The van der Waals surface area contributed by atoms with Crippen LogP contribution in [0.25, 0.3) is 0 Å². The Labute approximate surface area is 124 Å². The van der Waals surface area contributed by atoms with E-state index in [1.165, 1.54) is 22.3 Å². The highest BCUT2D eigenvalue weighted by molar-refractivity contribution is 5.53. The standard InChI is InChI=1S/C18H18FNO/c1-20-10-16(12-2-5-14(19)6-3-12)15-7-4-13-8-9-21-18(13)17(15)11-20/h2-7,16H,8-11H2,1H3. The van der Waals surface area contributed by atoms with E-state index in [-0.39, 0.29) is 11.7 Å². The molecule has 2 heterocycles. The Kier molecular flexibility index (Phi) is 2.96. The highest BCUT2D eigenvalue weighted by Gasteiger charge is 2.29. The number of ether oxygens (including phenoxy) is 1. The van der Waals surface area contributed by atoms with Crippen LogP contribution in [0.1, 0.15) is 28.2 Å². The van der Waals surface area contributed by atoms with Crippen molar-refractivity contribution in [3.05, 3.63) is 64.5 Å². The van der Waals surface area contributed by atoms with Crippen LogP contribution in [0.3, 0.4) is 0 Å². The summed E-state index contributed by atoms with van der Waals surface area (Å²) in [4.78, 5) is 2.32. The third-order valence-electron chi connectivity index (χ3n) is 4.57. The largest absolute Gasteiger partial charge is 0.493 e. The molecule has 108 valence electrons. The molecule has 0 radical (unpaired) electrons. The normalized spacial score (nSPS) is 20.8. The molecule has 4 rings (SSSR count). The fraction of sp³-hybridized carbons (Fsp3) is 0.333. The number of rotatable bonds is 1. The van der Waals surface area contributed by atoms with Gasteiger partial charge in [-0.3, -0.25) is 0 Å². The lowest BCUT2D eigenvalue weighted by Gasteiger charge is -2.33.